The van der Waals surface area contributed by atoms with Crippen LogP contribution in [0, 0.1) is 0 Å². The number of rotatable bonds is 2. The van der Waals surface area contributed by atoms with E-state index in [2.05, 4.69) is 20.9 Å². The molecule has 1 N–H and O–H groups in total. The summed E-state index contributed by atoms with van der Waals surface area (Å²) in [5.41, 5.74) is 1.60. The standard InChI is InChI=1S/C15H11BrClNO2/c16-11-5-12(18-13(17)6-11)15(14(19)20)7-9-3-1-2-4-10(9)8-15/h1-6H,7-8H2,(H,19,20). The molecule has 0 radical (unpaired) electrons. The van der Waals surface area contributed by atoms with E-state index in [9.17, 15) is 9.90 Å². The average Bonchev–Trinajstić information content (AvgIpc) is 2.78. The second kappa shape index (κ2) is 4.86. The lowest BCUT2D eigenvalue weighted by molar-refractivity contribution is -0.143. The SMILES string of the molecule is O=C(O)C1(c2cc(Br)cc(Cl)n2)Cc2ccccc2C1. The van der Waals surface area contributed by atoms with Crippen LogP contribution in [0.4, 0.5) is 0 Å². The summed E-state index contributed by atoms with van der Waals surface area (Å²) in [4.78, 5) is 16.2. The molecule has 1 aromatic carbocycles. The van der Waals surface area contributed by atoms with Gasteiger partial charge in [0.1, 0.15) is 10.6 Å². The third-order valence-electron chi connectivity index (χ3n) is 3.76. The Hall–Kier alpha value is -1.39. The summed E-state index contributed by atoms with van der Waals surface area (Å²) in [5.74, 6) is -0.865. The van der Waals surface area contributed by atoms with Gasteiger partial charge in [-0.3, -0.25) is 4.79 Å². The van der Waals surface area contributed by atoms with Crippen molar-refractivity contribution in [1.29, 1.82) is 0 Å². The van der Waals surface area contributed by atoms with E-state index in [1.54, 1.807) is 12.1 Å². The van der Waals surface area contributed by atoms with Crippen LogP contribution in [0.15, 0.2) is 40.9 Å². The maximum Gasteiger partial charge on any atom is 0.316 e. The van der Waals surface area contributed by atoms with Crippen molar-refractivity contribution >= 4 is 33.5 Å². The van der Waals surface area contributed by atoms with Crippen LogP contribution in [0.1, 0.15) is 16.8 Å². The minimum Gasteiger partial charge on any atom is -0.481 e. The molecule has 0 aliphatic heterocycles. The van der Waals surface area contributed by atoms with E-state index < -0.39 is 11.4 Å². The van der Waals surface area contributed by atoms with Gasteiger partial charge >= 0.3 is 5.97 Å². The van der Waals surface area contributed by atoms with Crippen LogP contribution in [0.25, 0.3) is 0 Å². The molecule has 0 fully saturated rings. The summed E-state index contributed by atoms with van der Waals surface area (Å²) in [7, 11) is 0. The Morgan fingerprint density at radius 1 is 1.25 bits per heavy atom. The number of pyridine rings is 1. The quantitative estimate of drug-likeness (QED) is 0.840. The molecule has 0 bridgehead atoms. The topological polar surface area (TPSA) is 50.2 Å². The first-order chi connectivity index (χ1) is 9.51. The monoisotopic (exact) mass is 351 g/mol. The molecule has 0 saturated heterocycles. The molecule has 1 aliphatic rings. The van der Waals surface area contributed by atoms with Crippen molar-refractivity contribution < 1.29 is 9.90 Å². The summed E-state index contributed by atoms with van der Waals surface area (Å²) in [6.07, 6.45) is 0.885. The molecule has 1 heterocycles. The Labute approximate surface area is 129 Å². The van der Waals surface area contributed by atoms with E-state index in [0.29, 0.717) is 23.7 Å². The van der Waals surface area contributed by atoms with Crippen molar-refractivity contribution in [3.63, 3.8) is 0 Å². The predicted octanol–water partition coefficient (Wildman–Crippen LogP) is 3.62. The van der Waals surface area contributed by atoms with Crippen LogP contribution in [0.5, 0.6) is 0 Å². The zero-order valence-electron chi connectivity index (χ0n) is 10.4. The van der Waals surface area contributed by atoms with E-state index in [4.69, 9.17) is 11.6 Å². The van der Waals surface area contributed by atoms with Crippen LogP contribution in [0.3, 0.4) is 0 Å². The summed E-state index contributed by atoms with van der Waals surface area (Å²) in [5, 5.41) is 10.1. The van der Waals surface area contributed by atoms with Crippen LogP contribution in [-0.2, 0) is 23.1 Å². The molecule has 102 valence electrons. The van der Waals surface area contributed by atoms with Crippen molar-refractivity contribution in [3.8, 4) is 0 Å². The third kappa shape index (κ3) is 2.13. The van der Waals surface area contributed by atoms with Gasteiger partial charge in [0.05, 0.1) is 5.69 Å². The number of aromatic nitrogens is 1. The van der Waals surface area contributed by atoms with Gasteiger partial charge in [0.25, 0.3) is 0 Å². The Balaban J connectivity index is 2.14. The Morgan fingerprint density at radius 3 is 2.35 bits per heavy atom. The van der Waals surface area contributed by atoms with Gasteiger partial charge in [-0.25, -0.2) is 4.98 Å². The minimum absolute atomic E-state index is 0.297. The average molecular weight is 353 g/mol. The summed E-state index contributed by atoms with van der Waals surface area (Å²) >= 11 is 9.32. The van der Waals surface area contributed by atoms with Gasteiger partial charge in [-0.05, 0) is 36.1 Å². The molecular formula is C15H11BrClNO2. The third-order valence-corrected chi connectivity index (χ3v) is 4.41. The second-order valence-electron chi connectivity index (χ2n) is 5.00. The molecule has 3 nitrogen and oxygen atoms in total. The number of aliphatic carboxylic acids is 1. The first kappa shape index (κ1) is 13.6. The molecule has 0 amide bonds. The van der Waals surface area contributed by atoms with Crippen LogP contribution in [0.2, 0.25) is 5.15 Å². The van der Waals surface area contributed by atoms with E-state index in [-0.39, 0.29) is 0 Å². The lowest BCUT2D eigenvalue weighted by atomic mass is 9.81. The second-order valence-corrected chi connectivity index (χ2v) is 6.31. The molecule has 5 heteroatoms. The van der Waals surface area contributed by atoms with Crippen LogP contribution < -0.4 is 0 Å². The van der Waals surface area contributed by atoms with E-state index >= 15 is 0 Å². The van der Waals surface area contributed by atoms with E-state index in [0.717, 1.165) is 15.6 Å². The fourth-order valence-electron chi connectivity index (χ4n) is 2.77. The molecule has 1 aliphatic carbocycles. The Morgan fingerprint density at radius 2 is 1.85 bits per heavy atom. The first-order valence-electron chi connectivity index (χ1n) is 6.15. The summed E-state index contributed by atoms with van der Waals surface area (Å²) in [6.45, 7) is 0. The van der Waals surface area contributed by atoms with Crippen molar-refractivity contribution in [2.75, 3.05) is 0 Å². The van der Waals surface area contributed by atoms with Crippen molar-refractivity contribution in [1.82, 2.24) is 4.98 Å². The number of nitrogens with zero attached hydrogens (tertiary/aromatic N) is 1. The molecule has 2 aromatic rings. The molecule has 3 rings (SSSR count). The first-order valence-corrected chi connectivity index (χ1v) is 7.32. The molecule has 0 unspecified atom stereocenters. The summed E-state index contributed by atoms with van der Waals surface area (Å²) in [6, 6.07) is 11.2. The number of fused-ring (bicyclic) bond motifs is 1. The molecule has 0 saturated carbocycles. The van der Waals surface area contributed by atoms with E-state index in [1.165, 1.54) is 0 Å². The van der Waals surface area contributed by atoms with Gasteiger partial charge in [-0.1, -0.05) is 51.8 Å². The van der Waals surface area contributed by atoms with Crippen molar-refractivity contribution in [2.24, 2.45) is 0 Å². The Bertz CT molecular complexity index is 657. The molecule has 0 spiro atoms. The van der Waals surface area contributed by atoms with Crippen molar-refractivity contribution in [3.05, 3.63) is 62.8 Å². The fourth-order valence-corrected chi connectivity index (χ4v) is 3.54. The largest absolute Gasteiger partial charge is 0.481 e. The lowest BCUT2D eigenvalue weighted by Gasteiger charge is -2.23. The number of benzene rings is 1. The van der Waals surface area contributed by atoms with Gasteiger partial charge in [-0.15, -0.1) is 0 Å². The smallest absolute Gasteiger partial charge is 0.316 e. The zero-order chi connectivity index (χ0) is 14.3. The number of carbonyl (C=O) groups is 1. The van der Waals surface area contributed by atoms with Gasteiger partial charge in [0, 0.05) is 4.47 Å². The maximum atomic E-state index is 11.9. The number of hydrogen-bond donors (Lipinski definition) is 1. The number of hydrogen-bond acceptors (Lipinski definition) is 2. The highest BCUT2D eigenvalue weighted by Crippen LogP contribution is 2.40. The fraction of sp³-hybridized carbons (Fsp3) is 0.200. The summed E-state index contributed by atoms with van der Waals surface area (Å²) < 4.78 is 0.740. The van der Waals surface area contributed by atoms with Crippen LogP contribution >= 0.6 is 27.5 Å². The van der Waals surface area contributed by atoms with Gasteiger partial charge < -0.3 is 5.11 Å². The number of carboxylic acid groups (broad SMARTS) is 1. The molecule has 0 atom stereocenters. The maximum absolute atomic E-state index is 11.9. The normalized spacial score (nSPS) is 15.9. The van der Waals surface area contributed by atoms with Gasteiger partial charge in [0.2, 0.25) is 0 Å². The lowest BCUT2D eigenvalue weighted by Crippen LogP contribution is -2.37. The van der Waals surface area contributed by atoms with E-state index in [1.807, 2.05) is 24.3 Å². The predicted molar refractivity (Wildman–Crippen MR) is 80.1 cm³/mol. The number of halogens is 2. The minimum atomic E-state index is -1.03. The van der Waals surface area contributed by atoms with Gasteiger partial charge in [-0.2, -0.15) is 0 Å². The molecule has 1 aromatic heterocycles. The molecular weight excluding hydrogens is 342 g/mol. The highest BCUT2D eigenvalue weighted by atomic mass is 79.9. The van der Waals surface area contributed by atoms with Crippen molar-refractivity contribution in [2.45, 2.75) is 18.3 Å². The Kier molecular flexibility index (Phi) is 3.30. The van der Waals surface area contributed by atoms with Crippen LogP contribution in [-0.4, -0.2) is 16.1 Å². The number of carboxylic acids is 1. The highest BCUT2D eigenvalue weighted by Gasteiger charge is 2.47. The van der Waals surface area contributed by atoms with Gasteiger partial charge in [0.15, 0.2) is 0 Å². The molecule has 20 heavy (non-hydrogen) atoms. The highest BCUT2D eigenvalue weighted by molar-refractivity contribution is 9.10. The zero-order valence-corrected chi connectivity index (χ0v) is 12.8.